The van der Waals surface area contributed by atoms with Crippen LogP contribution in [0, 0.1) is 0 Å². The molecule has 0 aromatic rings. The van der Waals surface area contributed by atoms with Gasteiger partial charge in [0.05, 0.1) is 0 Å². The molecule has 5 nitrogen and oxygen atoms in total. The van der Waals surface area contributed by atoms with Crippen LogP contribution < -0.4 is 16.0 Å². The van der Waals surface area contributed by atoms with Gasteiger partial charge in [0.2, 0.25) is 11.6 Å². The molecule has 0 bridgehead atoms. The summed E-state index contributed by atoms with van der Waals surface area (Å²) >= 11 is 0. The van der Waals surface area contributed by atoms with Crippen LogP contribution in [0.2, 0.25) is 0 Å². The summed E-state index contributed by atoms with van der Waals surface area (Å²) in [5.41, 5.74) is -1.06. The highest BCUT2D eigenvalue weighted by Crippen LogP contribution is 2.10. The zero-order chi connectivity index (χ0) is 8.60. The van der Waals surface area contributed by atoms with Gasteiger partial charge in [0.15, 0.2) is 0 Å². The first-order chi connectivity index (χ1) is 5.73. The van der Waals surface area contributed by atoms with Crippen molar-refractivity contribution >= 4 is 11.8 Å². The van der Waals surface area contributed by atoms with Gasteiger partial charge in [-0.05, 0) is 6.08 Å². The summed E-state index contributed by atoms with van der Waals surface area (Å²) in [5, 5.41) is 7.74. The fraction of sp³-hybridized carbons (Fsp3) is 0.143. The highest BCUT2D eigenvalue weighted by molar-refractivity contribution is 5.99. The minimum Gasteiger partial charge on any atom is -0.358 e. The molecule has 3 N–H and O–H groups in total. The summed E-state index contributed by atoms with van der Waals surface area (Å²) in [4.78, 5) is 22.1. The third kappa shape index (κ3) is 0.795. The maximum atomic E-state index is 11.2. The van der Waals surface area contributed by atoms with Gasteiger partial charge in [0.25, 0.3) is 5.91 Å². The molecule has 0 fully saturated rings. The fourth-order valence-electron chi connectivity index (χ4n) is 1.16. The molecule has 2 heterocycles. The molecular weight excluding hydrogens is 158 g/mol. The highest BCUT2D eigenvalue weighted by Gasteiger charge is 2.40. The van der Waals surface area contributed by atoms with Crippen LogP contribution in [0.1, 0.15) is 0 Å². The van der Waals surface area contributed by atoms with E-state index in [2.05, 4.69) is 16.0 Å². The van der Waals surface area contributed by atoms with Crippen LogP contribution in [-0.4, -0.2) is 17.5 Å². The van der Waals surface area contributed by atoms with Gasteiger partial charge in [0, 0.05) is 18.5 Å². The fourth-order valence-corrected chi connectivity index (χ4v) is 1.16. The van der Waals surface area contributed by atoms with Gasteiger partial charge in [-0.1, -0.05) is 0 Å². The van der Waals surface area contributed by atoms with Gasteiger partial charge >= 0.3 is 0 Å². The Labute approximate surface area is 68.5 Å². The maximum absolute atomic E-state index is 11.2. The van der Waals surface area contributed by atoms with Crippen molar-refractivity contribution in [3.8, 4) is 0 Å². The number of amides is 2. The van der Waals surface area contributed by atoms with E-state index in [-0.39, 0.29) is 11.8 Å². The average Bonchev–Trinajstić information content (AvgIpc) is 2.33. The van der Waals surface area contributed by atoms with Crippen molar-refractivity contribution in [2.45, 2.75) is 5.66 Å². The minimum absolute atomic E-state index is 0.278. The van der Waals surface area contributed by atoms with Gasteiger partial charge in [-0.2, -0.15) is 0 Å². The normalized spacial score (nSPS) is 31.7. The molecule has 0 aromatic carbocycles. The van der Waals surface area contributed by atoms with Crippen LogP contribution in [0.5, 0.6) is 0 Å². The third-order valence-corrected chi connectivity index (χ3v) is 1.77. The lowest BCUT2D eigenvalue weighted by molar-refractivity contribution is -0.129. The van der Waals surface area contributed by atoms with Crippen molar-refractivity contribution in [2.24, 2.45) is 0 Å². The first-order valence-corrected chi connectivity index (χ1v) is 3.48. The molecule has 2 amide bonds. The van der Waals surface area contributed by atoms with Crippen LogP contribution in [0.3, 0.4) is 0 Å². The molecule has 1 atom stereocenters. The van der Waals surface area contributed by atoms with Crippen LogP contribution in [0.4, 0.5) is 0 Å². The molecule has 0 aromatic heterocycles. The van der Waals surface area contributed by atoms with Crippen molar-refractivity contribution in [1.82, 2.24) is 16.0 Å². The molecule has 62 valence electrons. The molecule has 12 heavy (non-hydrogen) atoms. The Morgan fingerprint density at radius 3 is 2.67 bits per heavy atom. The van der Waals surface area contributed by atoms with E-state index in [0.717, 1.165) is 0 Å². The average molecular weight is 165 g/mol. The van der Waals surface area contributed by atoms with Crippen LogP contribution in [0.15, 0.2) is 24.6 Å². The molecule has 0 radical (unpaired) electrons. The van der Waals surface area contributed by atoms with Crippen LogP contribution in [0.25, 0.3) is 0 Å². The lowest BCUT2D eigenvalue weighted by Crippen LogP contribution is -2.63. The quantitative estimate of drug-likeness (QED) is 0.411. The standard InChI is InChI=1S/C7H7N3O2/c11-5-1-3-9-7(10-5)2-4-8-6(7)12/h1-4,9H,(H,8,12)(H,10,11). The lowest BCUT2D eigenvalue weighted by atomic mass is 10.1. The lowest BCUT2D eigenvalue weighted by Gasteiger charge is -2.28. The van der Waals surface area contributed by atoms with Gasteiger partial charge in [0.1, 0.15) is 0 Å². The number of carbonyl (C=O) groups excluding carboxylic acids is 2. The summed E-state index contributed by atoms with van der Waals surface area (Å²) in [6, 6.07) is 0. The first kappa shape index (κ1) is 6.90. The van der Waals surface area contributed by atoms with E-state index in [1.807, 2.05) is 0 Å². The Bertz CT molecular complexity index is 308. The summed E-state index contributed by atoms with van der Waals surface area (Å²) < 4.78 is 0. The van der Waals surface area contributed by atoms with E-state index in [0.29, 0.717) is 0 Å². The van der Waals surface area contributed by atoms with Gasteiger partial charge < -0.3 is 16.0 Å². The van der Waals surface area contributed by atoms with E-state index in [4.69, 9.17) is 0 Å². The number of carbonyl (C=O) groups is 2. The highest BCUT2D eigenvalue weighted by atomic mass is 16.2. The second-order valence-electron chi connectivity index (χ2n) is 2.58. The second kappa shape index (κ2) is 2.10. The summed E-state index contributed by atoms with van der Waals surface area (Å²) in [6.45, 7) is 0. The van der Waals surface area contributed by atoms with E-state index in [1.165, 1.54) is 18.5 Å². The smallest absolute Gasteiger partial charge is 0.274 e. The Balaban J connectivity index is 2.33. The molecule has 2 aliphatic heterocycles. The van der Waals surface area contributed by atoms with Gasteiger partial charge in [-0.15, -0.1) is 0 Å². The Morgan fingerprint density at radius 2 is 2.08 bits per heavy atom. The number of hydrogen-bond donors (Lipinski definition) is 3. The van der Waals surface area contributed by atoms with Crippen molar-refractivity contribution in [1.29, 1.82) is 0 Å². The molecule has 1 unspecified atom stereocenters. The molecule has 2 rings (SSSR count). The van der Waals surface area contributed by atoms with E-state index >= 15 is 0 Å². The second-order valence-corrected chi connectivity index (χ2v) is 2.58. The number of nitrogens with one attached hydrogen (secondary N) is 3. The zero-order valence-electron chi connectivity index (χ0n) is 6.13. The predicted molar refractivity (Wildman–Crippen MR) is 40.4 cm³/mol. The molecule has 0 saturated carbocycles. The predicted octanol–water partition coefficient (Wildman–Crippen LogP) is -1.44. The molecular formula is C7H7N3O2. The molecule has 0 aliphatic carbocycles. The first-order valence-electron chi connectivity index (χ1n) is 3.48. The topological polar surface area (TPSA) is 70.2 Å². The third-order valence-electron chi connectivity index (χ3n) is 1.77. The van der Waals surface area contributed by atoms with Crippen molar-refractivity contribution in [3.63, 3.8) is 0 Å². The summed E-state index contributed by atoms with van der Waals surface area (Å²) in [6.07, 6.45) is 5.84. The number of hydrogen-bond acceptors (Lipinski definition) is 3. The Kier molecular flexibility index (Phi) is 1.21. The van der Waals surface area contributed by atoms with Crippen molar-refractivity contribution in [2.75, 3.05) is 0 Å². The SMILES string of the molecule is O=C1C=CNC2(C=CNC2=O)N1. The van der Waals surface area contributed by atoms with E-state index < -0.39 is 5.66 Å². The maximum Gasteiger partial charge on any atom is 0.274 e. The Hall–Kier alpha value is -1.78. The summed E-state index contributed by atoms with van der Waals surface area (Å²) in [7, 11) is 0. The molecule has 2 aliphatic rings. The minimum atomic E-state index is -1.06. The number of rotatable bonds is 0. The molecule has 5 heteroatoms. The van der Waals surface area contributed by atoms with Crippen LogP contribution in [-0.2, 0) is 9.59 Å². The van der Waals surface area contributed by atoms with Crippen molar-refractivity contribution < 1.29 is 9.59 Å². The van der Waals surface area contributed by atoms with E-state index in [9.17, 15) is 9.59 Å². The molecule has 0 saturated heterocycles. The van der Waals surface area contributed by atoms with Gasteiger partial charge in [-0.25, -0.2) is 0 Å². The largest absolute Gasteiger partial charge is 0.358 e. The van der Waals surface area contributed by atoms with Crippen LogP contribution >= 0.6 is 0 Å². The van der Waals surface area contributed by atoms with Crippen molar-refractivity contribution in [3.05, 3.63) is 24.6 Å². The van der Waals surface area contributed by atoms with Gasteiger partial charge in [-0.3, -0.25) is 9.59 Å². The zero-order valence-corrected chi connectivity index (χ0v) is 6.13. The summed E-state index contributed by atoms with van der Waals surface area (Å²) in [5.74, 6) is -0.560. The monoisotopic (exact) mass is 165 g/mol. The molecule has 1 spiro atoms. The van der Waals surface area contributed by atoms with E-state index in [1.54, 1.807) is 6.08 Å². The Morgan fingerprint density at radius 1 is 1.25 bits per heavy atom.